The highest BCUT2D eigenvalue weighted by Crippen LogP contribution is 2.14. The standard InChI is InChI=1S/C11H15N3O6S/c1-20-10(15)9(12)6-13-11(16)14-7-3-2-4-8(5-7)21(17,18)19/h2-5,9H,6,12H2,1H3,(H2,13,14,16)(H,17,18,19)/t9-/m0/s1. The van der Waals surface area contributed by atoms with E-state index in [-0.39, 0.29) is 17.1 Å². The summed E-state index contributed by atoms with van der Waals surface area (Å²) in [6.07, 6.45) is 0. The number of urea groups is 1. The first-order valence-corrected chi connectivity index (χ1v) is 7.14. The van der Waals surface area contributed by atoms with Gasteiger partial charge in [-0.1, -0.05) is 6.07 Å². The van der Waals surface area contributed by atoms with Gasteiger partial charge in [0.25, 0.3) is 10.1 Å². The summed E-state index contributed by atoms with van der Waals surface area (Å²) in [6, 6.07) is 3.32. The van der Waals surface area contributed by atoms with E-state index in [1.54, 1.807) is 0 Å². The predicted octanol–water partition coefficient (Wildman–Crippen LogP) is -0.445. The average Bonchev–Trinajstić information content (AvgIpc) is 2.43. The van der Waals surface area contributed by atoms with Crippen molar-refractivity contribution in [3.63, 3.8) is 0 Å². The first kappa shape index (κ1) is 16.9. The fourth-order valence-electron chi connectivity index (χ4n) is 1.35. The minimum atomic E-state index is -4.35. The Morgan fingerprint density at radius 2 is 2.10 bits per heavy atom. The van der Waals surface area contributed by atoms with Crippen molar-refractivity contribution in [2.24, 2.45) is 5.73 Å². The Kier molecular flexibility index (Phi) is 5.64. The summed E-state index contributed by atoms with van der Waals surface area (Å²) >= 11 is 0. The number of anilines is 1. The zero-order valence-electron chi connectivity index (χ0n) is 11.1. The molecule has 0 aromatic heterocycles. The number of hydrogen-bond donors (Lipinski definition) is 4. The fraction of sp³-hybridized carbons (Fsp3) is 0.273. The molecule has 1 atom stereocenters. The fourth-order valence-corrected chi connectivity index (χ4v) is 1.87. The minimum absolute atomic E-state index is 0.147. The van der Waals surface area contributed by atoms with Crippen molar-refractivity contribution in [1.29, 1.82) is 0 Å². The molecule has 0 aliphatic heterocycles. The van der Waals surface area contributed by atoms with Crippen LogP contribution in [0.25, 0.3) is 0 Å². The Morgan fingerprint density at radius 1 is 1.43 bits per heavy atom. The van der Waals surface area contributed by atoms with Gasteiger partial charge in [-0.05, 0) is 18.2 Å². The van der Waals surface area contributed by atoms with Crippen molar-refractivity contribution >= 4 is 27.8 Å². The lowest BCUT2D eigenvalue weighted by Gasteiger charge is -2.11. The van der Waals surface area contributed by atoms with Gasteiger partial charge in [0.2, 0.25) is 0 Å². The van der Waals surface area contributed by atoms with Crippen LogP contribution >= 0.6 is 0 Å². The molecule has 0 radical (unpaired) electrons. The Balaban J connectivity index is 2.62. The lowest BCUT2D eigenvalue weighted by Crippen LogP contribution is -2.44. The molecule has 0 unspecified atom stereocenters. The number of nitrogens with two attached hydrogens (primary N) is 1. The van der Waals surface area contributed by atoms with Gasteiger partial charge < -0.3 is 21.1 Å². The molecule has 9 nitrogen and oxygen atoms in total. The molecule has 0 heterocycles. The number of nitrogens with one attached hydrogen (secondary N) is 2. The molecule has 21 heavy (non-hydrogen) atoms. The summed E-state index contributed by atoms with van der Waals surface area (Å²) in [4.78, 5) is 22.2. The predicted molar refractivity (Wildman–Crippen MR) is 73.3 cm³/mol. The van der Waals surface area contributed by atoms with E-state index >= 15 is 0 Å². The number of ether oxygens (including phenoxy) is 1. The number of amides is 2. The zero-order valence-corrected chi connectivity index (χ0v) is 11.9. The summed E-state index contributed by atoms with van der Waals surface area (Å²) in [6.45, 7) is -0.156. The second kappa shape index (κ2) is 7.02. The Morgan fingerprint density at radius 3 is 2.67 bits per heavy atom. The molecule has 1 aromatic rings. The smallest absolute Gasteiger partial charge is 0.324 e. The van der Waals surface area contributed by atoms with Gasteiger partial charge in [-0.15, -0.1) is 0 Å². The Labute approximate surface area is 121 Å². The number of esters is 1. The molecule has 1 rings (SSSR count). The molecule has 10 heteroatoms. The van der Waals surface area contributed by atoms with E-state index in [9.17, 15) is 18.0 Å². The SMILES string of the molecule is COC(=O)[C@@H](N)CNC(=O)Nc1cccc(S(=O)(=O)O)c1. The Hall–Kier alpha value is -2.17. The van der Waals surface area contributed by atoms with Gasteiger partial charge >= 0.3 is 12.0 Å². The van der Waals surface area contributed by atoms with Crippen LogP contribution in [-0.2, 0) is 19.6 Å². The molecule has 0 aliphatic rings. The van der Waals surface area contributed by atoms with E-state index in [0.717, 1.165) is 6.07 Å². The van der Waals surface area contributed by atoms with Crippen LogP contribution in [0.4, 0.5) is 10.5 Å². The van der Waals surface area contributed by atoms with Crippen molar-refractivity contribution in [3.05, 3.63) is 24.3 Å². The first-order valence-electron chi connectivity index (χ1n) is 5.70. The van der Waals surface area contributed by atoms with Gasteiger partial charge in [-0.2, -0.15) is 8.42 Å². The quantitative estimate of drug-likeness (QED) is 0.425. The maximum atomic E-state index is 11.5. The van der Waals surface area contributed by atoms with E-state index < -0.39 is 28.2 Å². The van der Waals surface area contributed by atoms with Crippen molar-refractivity contribution < 1.29 is 27.3 Å². The number of carbonyl (C=O) groups is 2. The van der Waals surface area contributed by atoms with E-state index in [4.69, 9.17) is 10.3 Å². The summed E-state index contributed by atoms with van der Waals surface area (Å²) in [5, 5.41) is 4.65. The van der Waals surface area contributed by atoms with Gasteiger partial charge in [-0.3, -0.25) is 9.35 Å². The van der Waals surface area contributed by atoms with E-state index in [0.29, 0.717) is 0 Å². The average molecular weight is 317 g/mol. The molecule has 0 fully saturated rings. The van der Waals surface area contributed by atoms with Crippen LogP contribution in [0, 0.1) is 0 Å². The molecule has 0 saturated carbocycles. The van der Waals surface area contributed by atoms with Crippen LogP contribution < -0.4 is 16.4 Å². The molecule has 2 amide bonds. The molecular weight excluding hydrogens is 302 g/mol. The number of rotatable bonds is 5. The maximum Gasteiger partial charge on any atom is 0.324 e. The van der Waals surface area contributed by atoms with Crippen LogP contribution in [0.3, 0.4) is 0 Å². The summed E-state index contributed by atoms with van der Waals surface area (Å²) in [5.74, 6) is -0.677. The summed E-state index contributed by atoms with van der Waals surface area (Å²) in [7, 11) is -3.18. The van der Waals surface area contributed by atoms with E-state index in [1.165, 1.54) is 25.3 Å². The van der Waals surface area contributed by atoms with Crippen LogP contribution in [0.1, 0.15) is 0 Å². The van der Waals surface area contributed by atoms with Gasteiger partial charge in [-0.25, -0.2) is 4.79 Å². The maximum absolute atomic E-state index is 11.5. The summed E-state index contributed by atoms with van der Waals surface area (Å²) < 4.78 is 35.2. The highest BCUT2D eigenvalue weighted by Gasteiger charge is 2.15. The van der Waals surface area contributed by atoms with Crippen molar-refractivity contribution in [3.8, 4) is 0 Å². The van der Waals surface area contributed by atoms with Crippen molar-refractivity contribution in [2.45, 2.75) is 10.9 Å². The highest BCUT2D eigenvalue weighted by atomic mass is 32.2. The first-order chi connectivity index (χ1) is 9.74. The Bertz CT molecular complexity index is 631. The molecule has 0 spiro atoms. The van der Waals surface area contributed by atoms with Gasteiger partial charge in [0, 0.05) is 12.2 Å². The third-order valence-electron chi connectivity index (χ3n) is 2.38. The lowest BCUT2D eigenvalue weighted by molar-refractivity contribution is -0.141. The van der Waals surface area contributed by atoms with Crippen LogP contribution in [0.5, 0.6) is 0 Å². The number of carbonyl (C=O) groups excluding carboxylic acids is 2. The minimum Gasteiger partial charge on any atom is -0.468 e. The molecule has 0 saturated heterocycles. The third-order valence-corrected chi connectivity index (χ3v) is 3.23. The van der Waals surface area contributed by atoms with Crippen LogP contribution in [0.2, 0.25) is 0 Å². The highest BCUT2D eigenvalue weighted by molar-refractivity contribution is 7.85. The van der Waals surface area contributed by atoms with Crippen LogP contribution in [0.15, 0.2) is 29.2 Å². The van der Waals surface area contributed by atoms with E-state index in [2.05, 4.69) is 15.4 Å². The monoisotopic (exact) mass is 317 g/mol. The van der Waals surface area contributed by atoms with Gasteiger partial charge in [0.1, 0.15) is 6.04 Å². The number of methoxy groups -OCH3 is 1. The third kappa shape index (κ3) is 5.38. The van der Waals surface area contributed by atoms with Crippen molar-refractivity contribution in [2.75, 3.05) is 19.0 Å². The number of hydrogen-bond acceptors (Lipinski definition) is 6. The normalized spacial score (nSPS) is 12.3. The molecule has 0 aliphatic carbocycles. The van der Waals surface area contributed by atoms with Gasteiger partial charge in [0.05, 0.1) is 12.0 Å². The van der Waals surface area contributed by atoms with Crippen molar-refractivity contribution in [1.82, 2.24) is 5.32 Å². The zero-order chi connectivity index (χ0) is 16.0. The topological polar surface area (TPSA) is 148 Å². The van der Waals surface area contributed by atoms with Gasteiger partial charge in [0.15, 0.2) is 0 Å². The second-order valence-electron chi connectivity index (χ2n) is 3.97. The molecule has 116 valence electrons. The lowest BCUT2D eigenvalue weighted by atomic mass is 10.3. The second-order valence-corrected chi connectivity index (χ2v) is 5.39. The molecular formula is C11H15N3O6S. The van der Waals surface area contributed by atoms with E-state index in [1.807, 2.05) is 0 Å². The largest absolute Gasteiger partial charge is 0.468 e. The molecule has 1 aromatic carbocycles. The molecule has 0 bridgehead atoms. The molecule has 5 N–H and O–H groups in total. The summed E-state index contributed by atoms with van der Waals surface area (Å²) in [5.41, 5.74) is 5.57. The number of benzene rings is 1. The van der Waals surface area contributed by atoms with Crippen LogP contribution in [-0.4, -0.2) is 44.7 Å².